The third-order valence-electron chi connectivity index (χ3n) is 4.94. The van der Waals surface area contributed by atoms with Crippen LogP contribution in [0.5, 0.6) is 0 Å². The molecular weight excluding hydrogens is 438 g/mol. The van der Waals surface area contributed by atoms with Crippen molar-refractivity contribution in [1.29, 1.82) is 0 Å². The number of aliphatic hydroxyl groups is 2. The molecule has 1 saturated carbocycles. The van der Waals surface area contributed by atoms with Gasteiger partial charge in [-0.15, -0.1) is 0 Å². The van der Waals surface area contributed by atoms with Gasteiger partial charge in [0.1, 0.15) is 29.9 Å². The van der Waals surface area contributed by atoms with Crippen LogP contribution in [0.25, 0.3) is 11.0 Å². The van der Waals surface area contributed by atoms with E-state index in [9.17, 15) is 15.0 Å². The zero-order valence-electron chi connectivity index (χ0n) is 14.4. The first-order valence-corrected chi connectivity index (χ1v) is 10.4. The second-order valence-corrected chi connectivity index (χ2v) is 8.70. The van der Waals surface area contributed by atoms with Gasteiger partial charge in [0, 0.05) is 10.7 Å². The summed E-state index contributed by atoms with van der Waals surface area (Å²) in [6.45, 7) is 0. The van der Waals surface area contributed by atoms with E-state index < -0.39 is 24.2 Å². The van der Waals surface area contributed by atoms with Gasteiger partial charge >= 0.3 is 5.97 Å². The summed E-state index contributed by atoms with van der Waals surface area (Å²) in [5, 5.41) is 30.5. The number of carboxylic acid groups (broad SMARTS) is 1. The number of thioether (sulfide) groups is 1. The van der Waals surface area contributed by atoms with Crippen LogP contribution in [0.1, 0.15) is 18.9 Å². The lowest BCUT2D eigenvalue weighted by atomic mass is 10.1. The van der Waals surface area contributed by atoms with E-state index in [0.29, 0.717) is 41.2 Å². The van der Waals surface area contributed by atoms with Crippen molar-refractivity contribution in [2.45, 2.75) is 37.1 Å². The van der Waals surface area contributed by atoms with Crippen LogP contribution in [0.3, 0.4) is 0 Å². The van der Waals surface area contributed by atoms with Gasteiger partial charge in [-0.05, 0) is 46.2 Å². The number of aromatic nitrogens is 3. The molecule has 0 aromatic carbocycles. The van der Waals surface area contributed by atoms with Gasteiger partial charge in [-0.3, -0.25) is 4.79 Å². The third kappa shape index (κ3) is 4.06. The van der Waals surface area contributed by atoms with Crippen molar-refractivity contribution >= 4 is 50.5 Å². The van der Waals surface area contributed by atoms with E-state index in [1.807, 2.05) is 4.57 Å². The maximum absolute atomic E-state index is 10.7. The van der Waals surface area contributed by atoms with E-state index in [1.165, 1.54) is 18.1 Å². The lowest BCUT2D eigenvalue weighted by Crippen LogP contribution is -2.31. The Kier molecular flexibility index (Phi) is 6.26. The number of nitrogens with zero attached hydrogens (tertiary/aromatic N) is 3. The number of aliphatic carboxylic acids is 1. The van der Waals surface area contributed by atoms with Crippen molar-refractivity contribution in [3.8, 4) is 0 Å². The smallest absolute Gasteiger partial charge is 0.320 e. The molecule has 3 rings (SSSR count). The number of aliphatic hydroxyl groups excluding tert-OH is 2. The summed E-state index contributed by atoms with van der Waals surface area (Å²) in [7, 11) is 0. The molecule has 2 heterocycles. The summed E-state index contributed by atoms with van der Waals surface area (Å²) in [5.41, 5.74) is 12.0. The number of hydrogen-bond acceptors (Lipinski definition) is 8. The fourth-order valence-corrected chi connectivity index (χ4v) is 5.25. The molecule has 9 nitrogen and oxygen atoms in total. The quantitative estimate of drug-likeness (QED) is 0.373. The lowest BCUT2D eigenvalue weighted by Gasteiger charge is -2.19. The zero-order chi connectivity index (χ0) is 19.7. The van der Waals surface area contributed by atoms with Gasteiger partial charge in [-0.1, -0.05) is 0 Å². The molecule has 5 atom stereocenters. The largest absolute Gasteiger partial charge is 0.480 e. The molecular formula is C16H22BrN5O4S. The average molecular weight is 460 g/mol. The van der Waals surface area contributed by atoms with Gasteiger partial charge in [-0.2, -0.15) is 11.8 Å². The summed E-state index contributed by atoms with van der Waals surface area (Å²) < 4.78 is 2.56. The summed E-state index contributed by atoms with van der Waals surface area (Å²) in [6.07, 6.45) is 2.30. The Bertz CT molecular complexity index is 834. The van der Waals surface area contributed by atoms with Crippen LogP contribution in [-0.2, 0) is 4.79 Å². The second kappa shape index (κ2) is 8.31. The SMILES string of the molecule is Nc1ncnc2c1c(Br)cn2[C@@H]1CC(CSCC[C@H](N)C(=O)O)[C@@H](O)[C@H]1O. The average Bonchev–Trinajstić information content (AvgIpc) is 3.10. The molecule has 0 amide bonds. The molecule has 0 aliphatic heterocycles. The fourth-order valence-electron chi connectivity index (χ4n) is 3.42. The summed E-state index contributed by atoms with van der Waals surface area (Å²) in [5.74, 6) is 0.405. The van der Waals surface area contributed by atoms with Crippen molar-refractivity contribution in [1.82, 2.24) is 14.5 Å². The molecule has 0 spiro atoms. The summed E-state index contributed by atoms with van der Waals surface area (Å²) in [4.78, 5) is 19.0. The zero-order valence-corrected chi connectivity index (χ0v) is 16.8. The van der Waals surface area contributed by atoms with E-state index >= 15 is 0 Å². The fraction of sp³-hybridized carbons (Fsp3) is 0.562. The number of fused-ring (bicyclic) bond motifs is 1. The number of halogens is 1. The van der Waals surface area contributed by atoms with E-state index in [0.717, 1.165) is 4.47 Å². The van der Waals surface area contributed by atoms with Crippen molar-refractivity contribution in [2.24, 2.45) is 11.7 Å². The highest BCUT2D eigenvalue weighted by Gasteiger charge is 2.42. The Labute approximate surface area is 168 Å². The predicted octanol–water partition coefficient (Wildman–Crippen LogP) is 0.594. The maximum atomic E-state index is 10.7. The van der Waals surface area contributed by atoms with Crippen molar-refractivity contribution < 1.29 is 20.1 Å². The minimum absolute atomic E-state index is 0.119. The number of anilines is 1. The number of carbonyl (C=O) groups is 1. The third-order valence-corrected chi connectivity index (χ3v) is 6.73. The van der Waals surface area contributed by atoms with Crippen LogP contribution in [0, 0.1) is 5.92 Å². The number of nitrogens with two attached hydrogens (primary N) is 2. The van der Waals surface area contributed by atoms with E-state index in [1.54, 1.807) is 6.20 Å². The summed E-state index contributed by atoms with van der Waals surface area (Å²) in [6, 6.07) is -1.21. The van der Waals surface area contributed by atoms with Gasteiger partial charge in [0.05, 0.1) is 17.5 Å². The van der Waals surface area contributed by atoms with Crippen molar-refractivity contribution in [2.75, 3.05) is 17.2 Å². The Balaban J connectivity index is 1.69. The molecule has 2 aromatic rings. The van der Waals surface area contributed by atoms with E-state index in [-0.39, 0.29) is 12.0 Å². The lowest BCUT2D eigenvalue weighted by molar-refractivity contribution is -0.138. The monoisotopic (exact) mass is 459 g/mol. The Morgan fingerprint density at radius 1 is 1.41 bits per heavy atom. The molecule has 1 unspecified atom stereocenters. The molecule has 2 aromatic heterocycles. The molecule has 1 fully saturated rings. The highest BCUT2D eigenvalue weighted by Crippen LogP contribution is 2.40. The first-order chi connectivity index (χ1) is 12.8. The number of rotatable bonds is 7. The van der Waals surface area contributed by atoms with Crippen LogP contribution < -0.4 is 11.5 Å². The minimum Gasteiger partial charge on any atom is -0.480 e. The second-order valence-electron chi connectivity index (χ2n) is 6.69. The summed E-state index contributed by atoms with van der Waals surface area (Å²) >= 11 is 4.99. The molecule has 0 radical (unpaired) electrons. The van der Waals surface area contributed by atoms with Crippen LogP contribution in [-0.4, -0.2) is 65.6 Å². The van der Waals surface area contributed by atoms with Gasteiger partial charge in [0.15, 0.2) is 0 Å². The molecule has 0 saturated heterocycles. The van der Waals surface area contributed by atoms with Gasteiger partial charge < -0.3 is 31.4 Å². The first kappa shape index (κ1) is 20.3. The topological polar surface area (TPSA) is 161 Å². The Morgan fingerprint density at radius 3 is 2.85 bits per heavy atom. The molecule has 7 N–H and O–H groups in total. The van der Waals surface area contributed by atoms with Gasteiger partial charge in [0.25, 0.3) is 0 Å². The predicted molar refractivity (Wildman–Crippen MR) is 106 cm³/mol. The Hall–Kier alpha value is -1.40. The minimum atomic E-state index is -1.02. The molecule has 1 aliphatic carbocycles. The normalized spacial score (nSPS) is 26.5. The van der Waals surface area contributed by atoms with Crippen molar-refractivity contribution in [3.05, 3.63) is 17.0 Å². The molecule has 27 heavy (non-hydrogen) atoms. The van der Waals surface area contributed by atoms with Crippen LogP contribution in [0.4, 0.5) is 5.82 Å². The van der Waals surface area contributed by atoms with Crippen LogP contribution in [0.2, 0.25) is 0 Å². The molecule has 148 valence electrons. The molecule has 0 bridgehead atoms. The van der Waals surface area contributed by atoms with Gasteiger partial charge in [-0.25, -0.2) is 9.97 Å². The highest BCUT2D eigenvalue weighted by atomic mass is 79.9. The molecule has 11 heteroatoms. The first-order valence-electron chi connectivity index (χ1n) is 8.50. The number of carboxylic acids is 1. The highest BCUT2D eigenvalue weighted by molar-refractivity contribution is 9.10. The van der Waals surface area contributed by atoms with E-state index in [4.69, 9.17) is 16.6 Å². The number of hydrogen-bond donors (Lipinski definition) is 5. The molecule has 1 aliphatic rings. The standard InChI is InChI=1S/C16H22BrN5O4S/c17-8-4-22(15-11(8)14(19)20-6-21-15)10-3-7(12(23)13(10)24)5-27-2-1-9(18)16(25)26/h4,6-7,9-10,12-13,23-24H,1-3,5,18H2,(H,25,26)(H2,19,20,21)/t7?,9-,10+,12+,13-/m0/s1. The number of nitrogen functional groups attached to an aromatic ring is 1. The van der Waals surface area contributed by atoms with Crippen LogP contribution in [0.15, 0.2) is 17.0 Å². The Morgan fingerprint density at radius 2 is 2.15 bits per heavy atom. The van der Waals surface area contributed by atoms with E-state index in [2.05, 4.69) is 25.9 Å². The van der Waals surface area contributed by atoms with Crippen molar-refractivity contribution in [3.63, 3.8) is 0 Å². The van der Waals surface area contributed by atoms with Crippen LogP contribution >= 0.6 is 27.7 Å². The maximum Gasteiger partial charge on any atom is 0.320 e. The van der Waals surface area contributed by atoms with Gasteiger partial charge in [0.2, 0.25) is 0 Å².